The van der Waals surface area contributed by atoms with Gasteiger partial charge in [0.2, 0.25) is 5.91 Å². The van der Waals surface area contributed by atoms with Crippen molar-refractivity contribution in [2.75, 3.05) is 0 Å². The number of carbonyl (C=O) groups excluding carboxylic acids is 3. The van der Waals surface area contributed by atoms with Gasteiger partial charge < -0.3 is 9.90 Å². The summed E-state index contributed by atoms with van der Waals surface area (Å²) in [5, 5.41) is 17.4. The minimum Gasteiger partial charge on any atom is -0.550 e. The molecule has 3 N–H and O–H groups in total. The van der Waals surface area contributed by atoms with Crippen LogP contribution in [0.25, 0.3) is 0 Å². The van der Waals surface area contributed by atoms with Gasteiger partial charge in [-0.2, -0.15) is 5.10 Å². The maximum atomic E-state index is 12.0. The predicted molar refractivity (Wildman–Crippen MR) is 69.4 cm³/mol. The molecule has 21 heavy (non-hydrogen) atoms. The Hall–Kier alpha value is -2.38. The quantitative estimate of drug-likeness (QED) is 0.618. The first-order chi connectivity index (χ1) is 9.99. The van der Waals surface area contributed by atoms with Crippen LogP contribution in [0.1, 0.15) is 41.9 Å². The number of aromatic amines is 1. The summed E-state index contributed by atoms with van der Waals surface area (Å²) in [6.07, 6.45) is 2.45. The monoisotopic (exact) mass is 293 g/mol. The van der Waals surface area contributed by atoms with Crippen LogP contribution in [-0.4, -0.2) is 28.0 Å². The van der Waals surface area contributed by atoms with Crippen molar-refractivity contribution in [1.82, 2.24) is 21.0 Å². The summed E-state index contributed by atoms with van der Waals surface area (Å²) in [5.74, 6) is -3.77. The molecule has 8 heteroatoms. The molecule has 0 aliphatic heterocycles. The summed E-state index contributed by atoms with van der Waals surface area (Å²) in [4.78, 5) is 34.8. The lowest BCUT2D eigenvalue weighted by atomic mass is 9.79. The lowest BCUT2D eigenvalue weighted by Crippen LogP contribution is -2.49. The summed E-state index contributed by atoms with van der Waals surface area (Å²) < 4.78 is 0. The average Bonchev–Trinajstić information content (AvgIpc) is 2.91. The normalized spacial score (nSPS) is 21.6. The van der Waals surface area contributed by atoms with E-state index in [4.69, 9.17) is 0 Å². The number of nitrogens with one attached hydrogen (secondary N) is 3. The molecule has 0 unspecified atom stereocenters. The zero-order valence-corrected chi connectivity index (χ0v) is 11.6. The molecule has 1 fully saturated rings. The molecule has 1 aliphatic rings. The number of carbonyl (C=O) groups is 3. The molecule has 2 atom stereocenters. The van der Waals surface area contributed by atoms with Gasteiger partial charge in [0.05, 0.1) is 0 Å². The first kappa shape index (κ1) is 15.0. The fourth-order valence-electron chi connectivity index (χ4n) is 2.54. The number of carboxylic acids is 1. The van der Waals surface area contributed by atoms with Crippen LogP contribution in [0, 0.1) is 18.8 Å². The van der Waals surface area contributed by atoms with E-state index < -0.39 is 29.6 Å². The van der Waals surface area contributed by atoms with Gasteiger partial charge >= 0.3 is 0 Å². The number of H-pyrrole nitrogens is 1. The van der Waals surface area contributed by atoms with Crippen molar-refractivity contribution in [1.29, 1.82) is 0 Å². The molecule has 1 heterocycles. The van der Waals surface area contributed by atoms with E-state index in [0.29, 0.717) is 12.8 Å². The third kappa shape index (κ3) is 3.59. The molecule has 1 aromatic rings. The van der Waals surface area contributed by atoms with Crippen LogP contribution in [0.15, 0.2) is 6.07 Å². The Kier molecular flexibility index (Phi) is 4.56. The van der Waals surface area contributed by atoms with E-state index in [1.165, 1.54) is 6.07 Å². The third-order valence-corrected chi connectivity index (χ3v) is 3.64. The Morgan fingerprint density at radius 1 is 1.24 bits per heavy atom. The van der Waals surface area contributed by atoms with Crippen molar-refractivity contribution >= 4 is 17.8 Å². The number of aromatic nitrogens is 2. The molecular formula is C13H17N4O4-. The molecule has 0 saturated heterocycles. The molecule has 1 aromatic heterocycles. The van der Waals surface area contributed by atoms with Gasteiger partial charge in [0.1, 0.15) is 0 Å². The zero-order chi connectivity index (χ0) is 15.4. The molecule has 2 amide bonds. The van der Waals surface area contributed by atoms with Crippen molar-refractivity contribution in [2.45, 2.75) is 32.6 Å². The van der Waals surface area contributed by atoms with Crippen LogP contribution in [0.3, 0.4) is 0 Å². The number of hydrogen-bond acceptors (Lipinski definition) is 5. The number of hydrogen-bond donors (Lipinski definition) is 3. The molecule has 0 bridgehead atoms. The summed E-state index contributed by atoms with van der Waals surface area (Å²) in [6.45, 7) is 1.74. The second kappa shape index (κ2) is 6.38. The summed E-state index contributed by atoms with van der Waals surface area (Å²) in [5.41, 5.74) is 5.36. The molecule has 8 nitrogen and oxygen atoms in total. The van der Waals surface area contributed by atoms with E-state index >= 15 is 0 Å². The largest absolute Gasteiger partial charge is 0.550 e. The van der Waals surface area contributed by atoms with E-state index in [1.807, 2.05) is 0 Å². The highest BCUT2D eigenvalue weighted by Gasteiger charge is 2.32. The van der Waals surface area contributed by atoms with Gasteiger partial charge in [-0.15, -0.1) is 0 Å². The third-order valence-electron chi connectivity index (χ3n) is 3.64. The van der Waals surface area contributed by atoms with Crippen molar-refractivity contribution in [2.24, 2.45) is 11.8 Å². The maximum absolute atomic E-state index is 12.0. The lowest BCUT2D eigenvalue weighted by molar-refractivity contribution is -0.314. The molecule has 2 rings (SSSR count). The van der Waals surface area contributed by atoms with Gasteiger partial charge in [0.25, 0.3) is 5.91 Å². The van der Waals surface area contributed by atoms with Crippen LogP contribution >= 0.6 is 0 Å². The van der Waals surface area contributed by atoms with E-state index in [-0.39, 0.29) is 5.69 Å². The van der Waals surface area contributed by atoms with Crippen molar-refractivity contribution < 1.29 is 19.5 Å². The highest BCUT2D eigenvalue weighted by molar-refractivity contribution is 5.94. The molecule has 0 radical (unpaired) electrons. The smallest absolute Gasteiger partial charge is 0.290 e. The molecule has 1 aliphatic carbocycles. The van der Waals surface area contributed by atoms with Crippen LogP contribution in [0.5, 0.6) is 0 Å². The van der Waals surface area contributed by atoms with Crippen molar-refractivity contribution in [3.05, 3.63) is 17.5 Å². The first-order valence-electron chi connectivity index (χ1n) is 6.82. The Labute approximate surface area is 121 Å². The summed E-state index contributed by atoms with van der Waals surface area (Å²) in [7, 11) is 0. The van der Waals surface area contributed by atoms with Crippen LogP contribution < -0.4 is 16.0 Å². The molecule has 1 saturated carbocycles. The maximum Gasteiger partial charge on any atom is 0.290 e. The van der Waals surface area contributed by atoms with E-state index in [2.05, 4.69) is 21.0 Å². The van der Waals surface area contributed by atoms with Crippen LogP contribution in [0.2, 0.25) is 0 Å². The number of rotatable bonds is 3. The van der Waals surface area contributed by atoms with Crippen LogP contribution in [-0.2, 0) is 9.59 Å². The summed E-state index contributed by atoms with van der Waals surface area (Å²) in [6, 6.07) is 1.53. The Balaban J connectivity index is 1.91. The Morgan fingerprint density at radius 3 is 2.48 bits per heavy atom. The van der Waals surface area contributed by atoms with Crippen LogP contribution in [0.4, 0.5) is 0 Å². The number of amides is 2. The Bertz CT molecular complexity index is 554. The second-order valence-electron chi connectivity index (χ2n) is 5.20. The van der Waals surface area contributed by atoms with E-state index in [1.54, 1.807) is 6.92 Å². The SMILES string of the molecule is Cc1cc(C(=O)NNC(=O)[C@H]2CCCC[C@H]2C(=O)[O-])n[nH]1. The highest BCUT2D eigenvalue weighted by Crippen LogP contribution is 2.29. The van der Waals surface area contributed by atoms with E-state index in [0.717, 1.165) is 18.5 Å². The number of aliphatic carboxylic acids is 1. The zero-order valence-electron chi connectivity index (χ0n) is 11.6. The number of carboxylic acid groups (broad SMARTS) is 1. The summed E-state index contributed by atoms with van der Waals surface area (Å²) >= 11 is 0. The number of hydrazine groups is 1. The number of nitrogens with zero attached hydrogens (tertiary/aromatic N) is 1. The highest BCUT2D eigenvalue weighted by atomic mass is 16.4. The van der Waals surface area contributed by atoms with Gasteiger partial charge in [0.15, 0.2) is 5.69 Å². The average molecular weight is 293 g/mol. The van der Waals surface area contributed by atoms with Gasteiger partial charge in [-0.1, -0.05) is 12.8 Å². The van der Waals surface area contributed by atoms with Gasteiger partial charge in [0, 0.05) is 23.5 Å². The minimum atomic E-state index is -1.22. The topological polar surface area (TPSA) is 127 Å². The van der Waals surface area contributed by atoms with Gasteiger partial charge in [-0.05, 0) is 25.8 Å². The predicted octanol–water partition coefficient (Wildman–Crippen LogP) is -0.965. The van der Waals surface area contributed by atoms with Gasteiger partial charge in [-0.3, -0.25) is 25.5 Å². The van der Waals surface area contributed by atoms with Crippen molar-refractivity contribution in [3.63, 3.8) is 0 Å². The fourth-order valence-corrected chi connectivity index (χ4v) is 2.54. The molecule has 114 valence electrons. The molecule has 0 spiro atoms. The van der Waals surface area contributed by atoms with Crippen molar-refractivity contribution in [3.8, 4) is 0 Å². The lowest BCUT2D eigenvalue weighted by Gasteiger charge is -2.30. The van der Waals surface area contributed by atoms with E-state index in [9.17, 15) is 19.5 Å². The minimum absolute atomic E-state index is 0.146. The second-order valence-corrected chi connectivity index (χ2v) is 5.20. The molecular weight excluding hydrogens is 276 g/mol. The Morgan fingerprint density at radius 2 is 1.90 bits per heavy atom. The fraction of sp³-hybridized carbons (Fsp3) is 0.538. The standard InChI is InChI=1S/C13H18N4O4/c1-7-6-10(15-14-7)12(19)17-16-11(18)8-4-2-3-5-9(8)13(20)21/h6,8-9H,2-5H2,1H3,(H,14,15)(H,16,18)(H,17,19)(H,20,21)/p-1/t8-,9+/m0/s1. The van der Waals surface area contributed by atoms with Gasteiger partial charge in [-0.25, -0.2) is 0 Å². The number of aryl methyl sites for hydroxylation is 1. The first-order valence-corrected chi connectivity index (χ1v) is 6.82. The molecule has 0 aromatic carbocycles.